The molecule has 1 atom stereocenters. The predicted octanol–water partition coefficient (Wildman–Crippen LogP) is 5.71. The van der Waals surface area contributed by atoms with Crippen LogP contribution >= 0.6 is 0 Å². The second-order valence-electron chi connectivity index (χ2n) is 10.3. The Balaban J connectivity index is 1.44. The van der Waals surface area contributed by atoms with E-state index in [4.69, 9.17) is 0 Å². The number of carbonyl (C=O) groups excluding carboxylic acids is 1. The van der Waals surface area contributed by atoms with E-state index in [0.717, 1.165) is 28.9 Å². The van der Waals surface area contributed by atoms with Crippen molar-refractivity contribution in [2.24, 2.45) is 23.2 Å². The Kier molecular flexibility index (Phi) is 4.57. The number of benzene rings is 2. The van der Waals surface area contributed by atoms with E-state index < -0.39 is 5.41 Å². The summed E-state index contributed by atoms with van der Waals surface area (Å²) in [4.78, 5) is 13.9. The number of carbonyl (C=O) groups is 1. The van der Waals surface area contributed by atoms with Crippen molar-refractivity contribution in [2.45, 2.75) is 63.8 Å². The number of rotatable bonds is 5. The summed E-state index contributed by atoms with van der Waals surface area (Å²) >= 11 is 0. The maximum absolute atomic E-state index is 13.9. The van der Waals surface area contributed by atoms with Gasteiger partial charge in [0, 0.05) is 6.04 Å². The highest BCUT2D eigenvalue weighted by Crippen LogP contribution is 2.61. The fourth-order valence-corrected chi connectivity index (χ4v) is 7.17. The molecule has 2 aromatic carbocycles. The molecule has 0 aromatic heterocycles. The zero-order valence-corrected chi connectivity index (χ0v) is 17.7. The summed E-state index contributed by atoms with van der Waals surface area (Å²) in [5.74, 6) is 2.83. The molecule has 0 saturated heterocycles. The van der Waals surface area contributed by atoms with Crippen molar-refractivity contribution in [1.29, 1.82) is 0 Å². The minimum absolute atomic E-state index is 0.137. The van der Waals surface area contributed by atoms with E-state index in [-0.39, 0.29) is 11.9 Å². The quantitative estimate of drug-likeness (QED) is 0.699. The van der Waals surface area contributed by atoms with Gasteiger partial charge in [0.15, 0.2) is 0 Å². The topological polar surface area (TPSA) is 29.1 Å². The number of hydrogen-bond acceptors (Lipinski definition) is 1. The van der Waals surface area contributed by atoms with E-state index in [0.29, 0.717) is 5.41 Å². The molecule has 0 aliphatic heterocycles. The molecule has 0 heterocycles. The summed E-state index contributed by atoms with van der Waals surface area (Å²) in [6, 6.07) is 20.7. The molecule has 4 fully saturated rings. The van der Waals surface area contributed by atoms with Crippen LogP contribution in [0.5, 0.6) is 0 Å². The number of nitrogens with one attached hydrogen (secondary N) is 1. The zero-order chi connectivity index (χ0) is 20.1. The van der Waals surface area contributed by atoms with Gasteiger partial charge in [-0.05, 0) is 86.7 Å². The lowest BCUT2D eigenvalue weighted by atomic mass is 9.48. The van der Waals surface area contributed by atoms with Crippen LogP contribution in [0.1, 0.15) is 63.5 Å². The van der Waals surface area contributed by atoms with E-state index >= 15 is 0 Å². The van der Waals surface area contributed by atoms with Crippen LogP contribution in [-0.2, 0) is 10.2 Å². The molecule has 0 spiro atoms. The lowest BCUT2D eigenvalue weighted by Gasteiger charge is -2.59. The van der Waals surface area contributed by atoms with E-state index in [2.05, 4.69) is 43.4 Å². The van der Waals surface area contributed by atoms with Crippen molar-refractivity contribution in [2.75, 3.05) is 0 Å². The lowest BCUT2D eigenvalue weighted by Crippen LogP contribution is -2.58. The third kappa shape index (κ3) is 3.12. The predicted molar refractivity (Wildman–Crippen MR) is 118 cm³/mol. The van der Waals surface area contributed by atoms with Crippen molar-refractivity contribution in [1.82, 2.24) is 5.32 Å². The van der Waals surface area contributed by atoms with E-state index in [1.54, 1.807) is 0 Å². The monoisotopic (exact) mass is 387 g/mol. The van der Waals surface area contributed by atoms with E-state index in [9.17, 15) is 4.79 Å². The molecule has 29 heavy (non-hydrogen) atoms. The molecule has 1 N–H and O–H groups in total. The third-order valence-electron chi connectivity index (χ3n) is 8.51. The molecule has 1 amide bonds. The first-order valence-corrected chi connectivity index (χ1v) is 11.4. The van der Waals surface area contributed by atoms with Gasteiger partial charge >= 0.3 is 0 Å². The van der Waals surface area contributed by atoms with Crippen LogP contribution in [0.2, 0.25) is 0 Å². The Morgan fingerprint density at radius 3 is 1.69 bits per heavy atom. The van der Waals surface area contributed by atoms with Gasteiger partial charge in [-0.25, -0.2) is 0 Å². The maximum atomic E-state index is 13.9. The number of amides is 1. The van der Waals surface area contributed by atoms with Crippen LogP contribution < -0.4 is 5.32 Å². The molecular formula is C27H33NO. The second kappa shape index (κ2) is 7.00. The SMILES string of the molecule is C[C@H](NC(=O)C(C)(c1ccccc1)c1ccccc1)C12CC3CC(CC(C3)C1)C2. The summed E-state index contributed by atoms with van der Waals surface area (Å²) in [6.45, 7) is 4.36. The highest BCUT2D eigenvalue weighted by molar-refractivity contribution is 5.91. The van der Waals surface area contributed by atoms with Crippen molar-refractivity contribution in [3.63, 3.8) is 0 Å². The lowest BCUT2D eigenvalue weighted by molar-refractivity contribution is -0.129. The molecule has 4 aliphatic rings. The first-order chi connectivity index (χ1) is 14.0. The van der Waals surface area contributed by atoms with Crippen LogP contribution in [0, 0.1) is 23.2 Å². The van der Waals surface area contributed by atoms with Gasteiger partial charge in [0.1, 0.15) is 0 Å². The summed E-state index contributed by atoms with van der Waals surface area (Å²) in [6.07, 6.45) is 8.25. The van der Waals surface area contributed by atoms with Gasteiger partial charge in [0.05, 0.1) is 5.41 Å². The van der Waals surface area contributed by atoms with Gasteiger partial charge in [-0.15, -0.1) is 0 Å². The Bertz CT molecular complexity index is 797. The fraction of sp³-hybridized carbons (Fsp3) is 0.519. The molecule has 0 unspecified atom stereocenters. The van der Waals surface area contributed by atoms with Gasteiger partial charge in [-0.2, -0.15) is 0 Å². The molecule has 2 nitrogen and oxygen atoms in total. The first-order valence-electron chi connectivity index (χ1n) is 11.4. The molecule has 4 saturated carbocycles. The van der Waals surface area contributed by atoms with E-state index in [1.807, 2.05) is 36.4 Å². The van der Waals surface area contributed by atoms with Gasteiger partial charge < -0.3 is 5.32 Å². The third-order valence-corrected chi connectivity index (χ3v) is 8.51. The molecule has 2 heteroatoms. The molecule has 152 valence electrons. The van der Waals surface area contributed by atoms with Gasteiger partial charge in [0.25, 0.3) is 0 Å². The molecule has 4 bridgehead atoms. The largest absolute Gasteiger partial charge is 0.352 e. The summed E-state index contributed by atoms with van der Waals surface area (Å²) in [5.41, 5.74) is 1.75. The fourth-order valence-electron chi connectivity index (χ4n) is 7.17. The van der Waals surface area contributed by atoms with Gasteiger partial charge in [-0.1, -0.05) is 60.7 Å². The molecular weight excluding hydrogens is 354 g/mol. The Morgan fingerprint density at radius 2 is 1.28 bits per heavy atom. The van der Waals surface area contributed by atoms with Crippen LogP contribution in [0.15, 0.2) is 60.7 Å². The Hall–Kier alpha value is -2.09. The van der Waals surface area contributed by atoms with Gasteiger partial charge in [0.2, 0.25) is 5.91 Å². The van der Waals surface area contributed by atoms with Crippen LogP contribution in [0.4, 0.5) is 0 Å². The zero-order valence-electron chi connectivity index (χ0n) is 17.7. The second-order valence-corrected chi connectivity index (χ2v) is 10.3. The first kappa shape index (κ1) is 18.9. The maximum Gasteiger partial charge on any atom is 0.235 e. The van der Waals surface area contributed by atoms with Crippen molar-refractivity contribution < 1.29 is 4.79 Å². The standard InChI is InChI=1S/C27H33NO/c1-19(27-16-20-13-21(17-27)15-22(14-20)18-27)28-25(29)26(2,23-9-5-3-6-10-23)24-11-7-4-8-12-24/h3-12,19-22H,13-18H2,1-2H3,(H,28,29)/t19-,20?,21?,22?,27?/m0/s1. The summed E-state index contributed by atoms with van der Waals surface area (Å²) < 4.78 is 0. The van der Waals surface area contributed by atoms with Crippen LogP contribution in [-0.4, -0.2) is 11.9 Å². The molecule has 2 aromatic rings. The average molecular weight is 388 g/mol. The summed E-state index contributed by atoms with van der Waals surface area (Å²) in [7, 11) is 0. The van der Waals surface area contributed by atoms with Crippen molar-refractivity contribution in [3.8, 4) is 0 Å². The van der Waals surface area contributed by atoms with Crippen LogP contribution in [0.3, 0.4) is 0 Å². The van der Waals surface area contributed by atoms with Gasteiger partial charge in [-0.3, -0.25) is 4.79 Å². The Morgan fingerprint density at radius 1 is 0.862 bits per heavy atom. The van der Waals surface area contributed by atoms with Crippen molar-refractivity contribution in [3.05, 3.63) is 71.8 Å². The Labute approximate surface area is 175 Å². The molecule has 4 aliphatic carbocycles. The smallest absolute Gasteiger partial charge is 0.235 e. The molecule has 0 radical (unpaired) electrons. The summed E-state index contributed by atoms with van der Waals surface area (Å²) in [5, 5.41) is 3.54. The average Bonchev–Trinajstić information content (AvgIpc) is 2.73. The van der Waals surface area contributed by atoms with Crippen LogP contribution in [0.25, 0.3) is 0 Å². The highest BCUT2D eigenvalue weighted by Gasteiger charge is 2.54. The minimum atomic E-state index is -0.681. The number of hydrogen-bond donors (Lipinski definition) is 1. The normalized spacial score (nSPS) is 31.4. The van der Waals surface area contributed by atoms with E-state index in [1.165, 1.54) is 38.5 Å². The van der Waals surface area contributed by atoms with Crippen molar-refractivity contribution >= 4 is 5.91 Å². The minimum Gasteiger partial charge on any atom is -0.352 e. The highest BCUT2D eigenvalue weighted by atomic mass is 16.2. The molecule has 6 rings (SSSR count).